The molecule has 0 bridgehead atoms. The zero-order valence-corrected chi connectivity index (χ0v) is 17.8. The average molecular weight is 428 g/mol. The molecule has 0 unspecified atom stereocenters. The Kier molecular flexibility index (Phi) is 5.14. The number of thiocarbonyl (C=S) groups is 1. The van der Waals surface area contributed by atoms with E-state index in [9.17, 15) is 0 Å². The number of nitrogens with one attached hydrogen (secondary N) is 1. The predicted octanol–water partition coefficient (Wildman–Crippen LogP) is 5.95. The fourth-order valence-electron chi connectivity index (χ4n) is 3.85. The molecule has 5 nitrogen and oxygen atoms in total. The number of pyridine rings is 1. The number of hydrogen-bond donors (Lipinski definition) is 1. The quantitative estimate of drug-likeness (QED) is 0.397. The summed E-state index contributed by atoms with van der Waals surface area (Å²) in [7, 11) is 0. The van der Waals surface area contributed by atoms with Crippen molar-refractivity contribution in [2.24, 2.45) is 0 Å². The van der Waals surface area contributed by atoms with Crippen molar-refractivity contribution in [3.8, 4) is 11.5 Å². The summed E-state index contributed by atoms with van der Waals surface area (Å²) in [6.45, 7) is 2.03. The molecule has 2 aromatic heterocycles. The van der Waals surface area contributed by atoms with Crippen LogP contribution < -0.4 is 15.0 Å². The third-order valence-electron chi connectivity index (χ3n) is 5.37. The van der Waals surface area contributed by atoms with Gasteiger partial charge in [0.1, 0.15) is 23.3 Å². The highest BCUT2D eigenvalue weighted by molar-refractivity contribution is 7.80. The fourth-order valence-corrected chi connectivity index (χ4v) is 4.20. The Hall–Kier alpha value is -3.64. The van der Waals surface area contributed by atoms with Crippen LogP contribution in [0, 0.1) is 6.92 Å². The first kappa shape index (κ1) is 19.3. The maximum Gasteiger partial charge on any atom is 0.174 e. The molecule has 5 rings (SSSR count). The van der Waals surface area contributed by atoms with Crippen molar-refractivity contribution < 1.29 is 9.15 Å². The van der Waals surface area contributed by atoms with Crippen LogP contribution >= 0.6 is 12.2 Å². The van der Waals surface area contributed by atoms with Crippen LogP contribution in [0.3, 0.4) is 0 Å². The molecule has 0 aliphatic carbocycles. The number of rotatable bonds is 5. The van der Waals surface area contributed by atoms with Crippen LogP contribution in [0.1, 0.15) is 29.1 Å². The topological polar surface area (TPSA) is 50.5 Å². The molecule has 1 N–H and O–H groups in total. The van der Waals surface area contributed by atoms with Gasteiger partial charge >= 0.3 is 0 Å². The predicted molar refractivity (Wildman–Crippen MR) is 124 cm³/mol. The van der Waals surface area contributed by atoms with Crippen molar-refractivity contribution >= 4 is 23.0 Å². The van der Waals surface area contributed by atoms with E-state index in [1.807, 2.05) is 85.8 Å². The second-order valence-electron chi connectivity index (χ2n) is 7.37. The minimum atomic E-state index is -0.152. The van der Waals surface area contributed by atoms with E-state index in [0.717, 1.165) is 34.2 Å². The van der Waals surface area contributed by atoms with Gasteiger partial charge in [-0.15, -0.1) is 0 Å². The van der Waals surface area contributed by atoms with Gasteiger partial charge in [0.05, 0.1) is 18.0 Å². The Morgan fingerprint density at radius 1 is 0.968 bits per heavy atom. The van der Waals surface area contributed by atoms with Gasteiger partial charge in [0.2, 0.25) is 0 Å². The summed E-state index contributed by atoms with van der Waals surface area (Å²) in [5.41, 5.74) is 2.95. The van der Waals surface area contributed by atoms with Crippen LogP contribution in [-0.2, 0) is 0 Å². The van der Waals surface area contributed by atoms with Gasteiger partial charge < -0.3 is 19.4 Å². The molecule has 2 aromatic carbocycles. The number of para-hydroxylation sites is 1. The molecule has 0 saturated carbocycles. The number of ether oxygens (including phenoxy) is 1. The molecule has 1 aliphatic rings. The van der Waals surface area contributed by atoms with Crippen molar-refractivity contribution in [1.82, 2.24) is 10.3 Å². The minimum absolute atomic E-state index is 0.122. The lowest BCUT2D eigenvalue weighted by Gasteiger charge is -2.26. The van der Waals surface area contributed by atoms with Crippen molar-refractivity contribution in [2.75, 3.05) is 4.90 Å². The first-order valence-electron chi connectivity index (χ1n) is 10.1. The van der Waals surface area contributed by atoms with Gasteiger partial charge in [-0.3, -0.25) is 4.98 Å². The van der Waals surface area contributed by atoms with Crippen molar-refractivity contribution in [3.05, 3.63) is 108 Å². The van der Waals surface area contributed by atoms with E-state index >= 15 is 0 Å². The van der Waals surface area contributed by atoms with Crippen LogP contribution in [0.15, 0.2) is 95.7 Å². The molecule has 0 amide bonds. The summed E-state index contributed by atoms with van der Waals surface area (Å²) in [5.74, 6) is 2.44. The Morgan fingerprint density at radius 2 is 1.77 bits per heavy atom. The summed E-state index contributed by atoms with van der Waals surface area (Å²) >= 11 is 5.72. The number of benzene rings is 2. The highest BCUT2D eigenvalue weighted by Gasteiger charge is 2.42. The number of aryl methyl sites for hydroxylation is 1. The maximum atomic E-state index is 6.05. The SMILES string of the molecule is Cc1ccccc1Oc1ccc(N2C(=S)N[C@H](c3ccccn3)[C@H]2c2ccco2)cc1. The molecule has 31 heavy (non-hydrogen) atoms. The molecule has 154 valence electrons. The lowest BCUT2D eigenvalue weighted by Crippen LogP contribution is -2.29. The summed E-state index contributed by atoms with van der Waals surface area (Å²) in [6.07, 6.45) is 3.48. The molecule has 0 radical (unpaired) electrons. The molecular weight excluding hydrogens is 406 g/mol. The second-order valence-corrected chi connectivity index (χ2v) is 7.76. The van der Waals surface area contributed by atoms with Crippen LogP contribution in [0.4, 0.5) is 5.69 Å². The van der Waals surface area contributed by atoms with Crippen LogP contribution in [0.2, 0.25) is 0 Å². The summed E-state index contributed by atoms with van der Waals surface area (Å²) in [6, 6.07) is 25.4. The number of nitrogens with zero attached hydrogens (tertiary/aromatic N) is 2. The molecule has 4 aromatic rings. The normalized spacial score (nSPS) is 18.1. The summed E-state index contributed by atoms with van der Waals surface area (Å²) < 4.78 is 11.8. The highest BCUT2D eigenvalue weighted by atomic mass is 32.1. The minimum Gasteiger partial charge on any atom is -0.467 e. The molecule has 3 heterocycles. The van der Waals surface area contributed by atoms with Gasteiger partial charge in [-0.05, 0) is 79.3 Å². The van der Waals surface area contributed by atoms with E-state index in [0.29, 0.717) is 5.11 Å². The third kappa shape index (κ3) is 3.78. The Balaban J connectivity index is 1.46. The van der Waals surface area contributed by atoms with Gasteiger partial charge in [-0.25, -0.2) is 0 Å². The van der Waals surface area contributed by atoms with E-state index in [-0.39, 0.29) is 12.1 Å². The average Bonchev–Trinajstić information content (AvgIpc) is 3.44. The Morgan fingerprint density at radius 3 is 2.48 bits per heavy atom. The number of aromatic nitrogens is 1. The van der Waals surface area contributed by atoms with Gasteiger partial charge in [-0.2, -0.15) is 0 Å². The van der Waals surface area contributed by atoms with Crippen LogP contribution in [-0.4, -0.2) is 10.1 Å². The lowest BCUT2D eigenvalue weighted by atomic mass is 10.0. The zero-order chi connectivity index (χ0) is 21.2. The first-order chi connectivity index (χ1) is 15.2. The van der Waals surface area contributed by atoms with E-state index in [4.69, 9.17) is 21.4 Å². The lowest BCUT2D eigenvalue weighted by molar-refractivity contribution is 0.432. The van der Waals surface area contributed by atoms with E-state index < -0.39 is 0 Å². The van der Waals surface area contributed by atoms with Crippen molar-refractivity contribution in [1.29, 1.82) is 0 Å². The Bertz CT molecular complexity index is 1180. The largest absolute Gasteiger partial charge is 0.467 e. The van der Waals surface area contributed by atoms with Gasteiger partial charge in [0.25, 0.3) is 0 Å². The molecule has 0 spiro atoms. The fraction of sp³-hybridized carbons (Fsp3) is 0.120. The Labute approximate surface area is 186 Å². The molecule has 1 saturated heterocycles. The molecular formula is C25H21N3O2S. The number of anilines is 1. The number of furan rings is 1. The van der Waals surface area contributed by atoms with E-state index in [1.54, 1.807) is 12.5 Å². The zero-order valence-electron chi connectivity index (χ0n) is 16.9. The van der Waals surface area contributed by atoms with E-state index in [1.165, 1.54) is 0 Å². The number of hydrogen-bond acceptors (Lipinski definition) is 4. The second kappa shape index (κ2) is 8.24. The van der Waals surface area contributed by atoms with E-state index in [2.05, 4.69) is 15.2 Å². The van der Waals surface area contributed by atoms with Crippen LogP contribution in [0.5, 0.6) is 11.5 Å². The van der Waals surface area contributed by atoms with Gasteiger partial charge in [0, 0.05) is 11.9 Å². The van der Waals surface area contributed by atoms with Gasteiger partial charge in [0.15, 0.2) is 5.11 Å². The van der Waals surface area contributed by atoms with Crippen LogP contribution in [0.25, 0.3) is 0 Å². The van der Waals surface area contributed by atoms with Gasteiger partial charge in [-0.1, -0.05) is 24.3 Å². The molecule has 1 fully saturated rings. The summed E-state index contributed by atoms with van der Waals surface area (Å²) in [4.78, 5) is 6.62. The molecule has 6 heteroatoms. The standard InChI is InChI=1S/C25H21N3O2S/c1-17-7-2-3-9-21(17)30-19-13-11-18(12-14-19)28-24(22-10-6-16-29-22)23(27-25(28)31)20-8-4-5-15-26-20/h2-16,23-24H,1H3,(H,27,31)/t23-,24-/m1/s1. The van der Waals surface area contributed by atoms with Crippen molar-refractivity contribution in [3.63, 3.8) is 0 Å². The monoisotopic (exact) mass is 427 g/mol. The molecule has 1 aliphatic heterocycles. The molecule has 2 atom stereocenters. The third-order valence-corrected chi connectivity index (χ3v) is 5.68. The van der Waals surface area contributed by atoms with Crippen molar-refractivity contribution in [2.45, 2.75) is 19.0 Å². The first-order valence-corrected chi connectivity index (χ1v) is 10.5. The highest BCUT2D eigenvalue weighted by Crippen LogP contribution is 2.42. The smallest absolute Gasteiger partial charge is 0.174 e. The summed E-state index contributed by atoms with van der Waals surface area (Å²) in [5, 5.41) is 4.05. The maximum absolute atomic E-state index is 6.05.